The van der Waals surface area contributed by atoms with E-state index in [1.54, 1.807) is 42.5 Å². The van der Waals surface area contributed by atoms with Gasteiger partial charge in [-0.05, 0) is 49.1 Å². The minimum absolute atomic E-state index is 0.115. The smallest absolute Gasteiger partial charge is 0.319 e. The summed E-state index contributed by atoms with van der Waals surface area (Å²) in [4.78, 5) is 24.0. The Morgan fingerprint density at radius 3 is 2.37 bits per heavy atom. The van der Waals surface area contributed by atoms with Crippen molar-refractivity contribution < 1.29 is 14.0 Å². The normalized spacial score (nSPS) is 10.5. The lowest BCUT2D eigenvalue weighted by atomic mass is 10.1. The first-order valence-electron chi connectivity index (χ1n) is 9.12. The van der Waals surface area contributed by atoms with Crippen LogP contribution < -0.4 is 16.0 Å². The highest BCUT2D eigenvalue weighted by molar-refractivity contribution is 5.95. The minimum Gasteiger partial charge on any atom is -0.348 e. The zero-order valence-electron chi connectivity index (χ0n) is 15.7. The monoisotopic (exact) mass is 371 g/mol. The van der Waals surface area contributed by atoms with Crippen molar-refractivity contribution in [1.82, 2.24) is 10.6 Å². The summed E-state index contributed by atoms with van der Waals surface area (Å²) < 4.78 is 13.6. The molecule has 0 aromatic heterocycles. The average molecular weight is 371 g/mol. The van der Waals surface area contributed by atoms with Crippen LogP contribution >= 0.6 is 0 Å². The maximum atomic E-state index is 13.6. The molecular formula is C21H26FN3O2. The standard InChI is InChI=1S/C21H26FN3O2/c1-15(2)6-5-13-23-21(27)25-18-11-9-16(10-12-18)20(26)24-14-17-7-3-4-8-19(17)22/h3-4,7-12,15H,5-6,13-14H2,1-2H3,(H,24,26)(H2,23,25,27). The van der Waals surface area contributed by atoms with Crippen molar-refractivity contribution in [1.29, 1.82) is 0 Å². The van der Waals surface area contributed by atoms with E-state index < -0.39 is 0 Å². The molecular weight excluding hydrogens is 345 g/mol. The maximum Gasteiger partial charge on any atom is 0.319 e. The summed E-state index contributed by atoms with van der Waals surface area (Å²) in [5.41, 5.74) is 1.47. The molecule has 5 nitrogen and oxygen atoms in total. The average Bonchev–Trinajstić information content (AvgIpc) is 2.65. The van der Waals surface area contributed by atoms with Crippen LogP contribution in [0.15, 0.2) is 48.5 Å². The molecule has 0 aliphatic carbocycles. The summed E-state index contributed by atoms with van der Waals surface area (Å²) in [7, 11) is 0. The number of carbonyl (C=O) groups is 2. The number of urea groups is 1. The lowest BCUT2D eigenvalue weighted by Crippen LogP contribution is -2.29. The number of anilines is 1. The van der Waals surface area contributed by atoms with E-state index in [0.29, 0.717) is 29.3 Å². The van der Waals surface area contributed by atoms with Crippen molar-refractivity contribution in [3.63, 3.8) is 0 Å². The highest BCUT2D eigenvalue weighted by Gasteiger charge is 2.08. The van der Waals surface area contributed by atoms with E-state index in [4.69, 9.17) is 0 Å². The van der Waals surface area contributed by atoms with Crippen LogP contribution in [0.1, 0.15) is 42.6 Å². The zero-order valence-corrected chi connectivity index (χ0v) is 15.7. The number of hydrogen-bond acceptors (Lipinski definition) is 2. The van der Waals surface area contributed by atoms with Crippen LogP contribution in [0.25, 0.3) is 0 Å². The van der Waals surface area contributed by atoms with Crippen LogP contribution in [0.4, 0.5) is 14.9 Å². The second-order valence-corrected chi connectivity index (χ2v) is 6.77. The highest BCUT2D eigenvalue weighted by Crippen LogP contribution is 2.11. The largest absolute Gasteiger partial charge is 0.348 e. The number of benzene rings is 2. The fraction of sp³-hybridized carbons (Fsp3) is 0.333. The SMILES string of the molecule is CC(C)CCCNC(=O)Nc1ccc(C(=O)NCc2ccccc2F)cc1. The summed E-state index contributed by atoms with van der Waals surface area (Å²) in [5.74, 6) is -0.0355. The highest BCUT2D eigenvalue weighted by atomic mass is 19.1. The fourth-order valence-electron chi connectivity index (χ4n) is 2.51. The molecule has 0 unspecified atom stereocenters. The van der Waals surface area contributed by atoms with Crippen molar-refractivity contribution in [2.75, 3.05) is 11.9 Å². The number of rotatable bonds is 8. The van der Waals surface area contributed by atoms with Crippen LogP contribution in [0.2, 0.25) is 0 Å². The Kier molecular flexibility index (Phi) is 7.79. The van der Waals surface area contributed by atoms with Crippen molar-refractivity contribution in [2.45, 2.75) is 33.2 Å². The minimum atomic E-state index is -0.350. The maximum absolute atomic E-state index is 13.6. The molecule has 0 saturated carbocycles. The molecule has 0 radical (unpaired) electrons. The third kappa shape index (κ3) is 7.09. The Balaban J connectivity index is 1.79. The van der Waals surface area contributed by atoms with E-state index in [-0.39, 0.29) is 24.3 Å². The van der Waals surface area contributed by atoms with Crippen LogP contribution in [-0.4, -0.2) is 18.5 Å². The van der Waals surface area contributed by atoms with E-state index in [2.05, 4.69) is 29.8 Å². The van der Waals surface area contributed by atoms with Gasteiger partial charge in [0.25, 0.3) is 5.91 Å². The van der Waals surface area contributed by atoms with Gasteiger partial charge in [0.05, 0.1) is 0 Å². The molecule has 144 valence electrons. The molecule has 0 saturated heterocycles. The van der Waals surface area contributed by atoms with Crippen LogP contribution in [0.5, 0.6) is 0 Å². The fourth-order valence-corrected chi connectivity index (χ4v) is 2.51. The van der Waals surface area contributed by atoms with Gasteiger partial charge in [0.15, 0.2) is 0 Å². The van der Waals surface area contributed by atoms with Gasteiger partial charge in [-0.3, -0.25) is 4.79 Å². The Labute approximate surface area is 159 Å². The third-order valence-corrected chi connectivity index (χ3v) is 4.05. The van der Waals surface area contributed by atoms with E-state index in [0.717, 1.165) is 12.8 Å². The third-order valence-electron chi connectivity index (χ3n) is 4.05. The number of nitrogens with one attached hydrogen (secondary N) is 3. The first kappa shape index (κ1) is 20.4. The molecule has 0 bridgehead atoms. The molecule has 2 rings (SSSR count). The topological polar surface area (TPSA) is 70.2 Å². The lowest BCUT2D eigenvalue weighted by molar-refractivity contribution is 0.0950. The van der Waals surface area contributed by atoms with Gasteiger partial charge in [-0.1, -0.05) is 32.0 Å². The molecule has 0 atom stereocenters. The first-order valence-corrected chi connectivity index (χ1v) is 9.12. The predicted octanol–water partition coefficient (Wildman–Crippen LogP) is 4.31. The van der Waals surface area contributed by atoms with Crippen molar-refractivity contribution in [2.24, 2.45) is 5.92 Å². The Bertz CT molecular complexity index is 760. The Morgan fingerprint density at radius 1 is 1.00 bits per heavy atom. The van der Waals surface area contributed by atoms with Crippen LogP contribution in [0, 0.1) is 11.7 Å². The van der Waals surface area contributed by atoms with E-state index in [1.807, 2.05) is 0 Å². The molecule has 2 aromatic rings. The predicted molar refractivity (Wildman–Crippen MR) is 105 cm³/mol. The van der Waals surface area contributed by atoms with E-state index >= 15 is 0 Å². The molecule has 0 spiro atoms. The van der Waals surface area contributed by atoms with Crippen molar-refractivity contribution >= 4 is 17.6 Å². The Hall–Kier alpha value is -2.89. The second kappa shape index (κ2) is 10.3. The van der Waals surface area contributed by atoms with Gasteiger partial charge in [0, 0.05) is 29.9 Å². The van der Waals surface area contributed by atoms with Crippen LogP contribution in [0.3, 0.4) is 0 Å². The number of carbonyl (C=O) groups excluding carboxylic acids is 2. The molecule has 0 aliphatic heterocycles. The van der Waals surface area contributed by atoms with Gasteiger partial charge < -0.3 is 16.0 Å². The van der Waals surface area contributed by atoms with Gasteiger partial charge in [-0.15, -0.1) is 0 Å². The molecule has 3 amide bonds. The van der Waals surface area contributed by atoms with Crippen molar-refractivity contribution in [3.8, 4) is 0 Å². The molecule has 2 aromatic carbocycles. The summed E-state index contributed by atoms with van der Waals surface area (Å²) in [5, 5.41) is 8.21. The summed E-state index contributed by atoms with van der Waals surface area (Å²) >= 11 is 0. The first-order chi connectivity index (χ1) is 13.0. The molecule has 3 N–H and O–H groups in total. The summed E-state index contributed by atoms with van der Waals surface area (Å²) in [6.07, 6.45) is 2.00. The van der Waals surface area contributed by atoms with Gasteiger partial charge >= 0.3 is 6.03 Å². The lowest BCUT2D eigenvalue weighted by Gasteiger charge is -2.10. The number of hydrogen-bond donors (Lipinski definition) is 3. The molecule has 6 heteroatoms. The van der Waals surface area contributed by atoms with Gasteiger partial charge in [-0.25, -0.2) is 9.18 Å². The van der Waals surface area contributed by atoms with Crippen LogP contribution in [-0.2, 0) is 6.54 Å². The number of halogens is 1. The summed E-state index contributed by atoms with van der Waals surface area (Å²) in [6, 6.07) is 12.6. The quantitative estimate of drug-likeness (QED) is 0.605. The van der Waals surface area contributed by atoms with Gasteiger partial charge in [0.1, 0.15) is 5.82 Å². The molecule has 0 fully saturated rings. The molecule has 0 aliphatic rings. The number of amides is 3. The van der Waals surface area contributed by atoms with Gasteiger partial charge in [0.2, 0.25) is 0 Å². The van der Waals surface area contributed by atoms with E-state index in [1.165, 1.54) is 6.07 Å². The van der Waals surface area contributed by atoms with E-state index in [9.17, 15) is 14.0 Å². The molecule has 27 heavy (non-hydrogen) atoms. The second-order valence-electron chi connectivity index (χ2n) is 6.77. The zero-order chi connectivity index (χ0) is 19.6. The summed E-state index contributed by atoms with van der Waals surface area (Å²) in [6.45, 7) is 5.03. The van der Waals surface area contributed by atoms with Gasteiger partial charge in [-0.2, -0.15) is 0 Å². The Morgan fingerprint density at radius 2 is 1.70 bits per heavy atom. The van der Waals surface area contributed by atoms with Crippen molar-refractivity contribution in [3.05, 3.63) is 65.5 Å². The molecule has 0 heterocycles.